The van der Waals surface area contributed by atoms with E-state index in [1.54, 1.807) is 6.92 Å². The number of nitrogens with zero attached hydrogens (tertiary/aromatic N) is 1. The van der Waals surface area contributed by atoms with Gasteiger partial charge in [-0.1, -0.05) is 6.58 Å². The SMILES string of the molecule is C=C(C)C(=O)OCC[N+](C)(C)CC.[Cl-]. The molecule has 0 amide bonds. The topological polar surface area (TPSA) is 26.3 Å². The van der Waals surface area contributed by atoms with E-state index in [1.165, 1.54) is 0 Å². The Labute approximate surface area is 92.7 Å². The zero-order valence-corrected chi connectivity index (χ0v) is 10.2. The van der Waals surface area contributed by atoms with Crippen LogP contribution >= 0.6 is 0 Å². The van der Waals surface area contributed by atoms with E-state index in [-0.39, 0.29) is 18.4 Å². The van der Waals surface area contributed by atoms with Crippen LogP contribution in [0.4, 0.5) is 0 Å². The van der Waals surface area contributed by atoms with Crippen LogP contribution in [-0.2, 0) is 9.53 Å². The molecule has 14 heavy (non-hydrogen) atoms. The predicted molar refractivity (Wildman–Crippen MR) is 53.3 cm³/mol. The van der Waals surface area contributed by atoms with Gasteiger partial charge in [0.1, 0.15) is 13.2 Å². The second-order valence-electron chi connectivity index (χ2n) is 3.89. The predicted octanol–water partition coefficient (Wildman–Crippen LogP) is -1.79. The van der Waals surface area contributed by atoms with E-state index in [1.807, 2.05) is 0 Å². The maximum atomic E-state index is 11.0. The normalized spacial score (nSPS) is 10.3. The third-order valence-corrected chi connectivity index (χ3v) is 2.13. The molecule has 3 nitrogen and oxygen atoms in total. The zero-order valence-electron chi connectivity index (χ0n) is 9.47. The van der Waals surface area contributed by atoms with Crippen molar-refractivity contribution >= 4 is 5.97 Å². The molecule has 0 N–H and O–H groups in total. The van der Waals surface area contributed by atoms with Crippen LogP contribution in [0.1, 0.15) is 13.8 Å². The molecule has 0 saturated heterocycles. The lowest BCUT2D eigenvalue weighted by Gasteiger charge is -2.27. The molecule has 0 saturated carbocycles. The van der Waals surface area contributed by atoms with Crippen LogP contribution in [-0.4, -0.2) is 44.2 Å². The van der Waals surface area contributed by atoms with Gasteiger partial charge in [0.25, 0.3) is 0 Å². The van der Waals surface area contributed by atoms with E-state index >= 15 is 0 Å². The molecule has 0 aromatic heterocycles. The fraction of sp³-hybridized carbons (Fsp3) is 0.700. The van der Waals surface area contributed by atoms with Gasteiger partial charge in [0.2, 0.25) is 0 Å². The maximum absolute atomic E-state index is 11.0. The van der Waals surface area contributed by atoms with Crippen LogP contribution in [0.25, 0.3) is 0 Å². The number of ether oxygens (including phenoxy) is 1. The Morgan fingerprint density at radius 1 is 1.43 bits per heavy atom. The largest absolute Gasteiger partial charge is 1.00 e. The first-order valence-electron chi connectivity index (χ1n) is 4.53. The van der Waals surface area contributed by atoms with Crippen molar-refractivity contribution in [1.82, 2.24) is 0 Å². The van der Waals surface area contributed by atoms with Gasteiger partial charge in [-0.05, 0) is 13.8 Å². The summed E-state index contributed by atoms with van der Waals surface area (Å²) in [6, 6.07) is 0. The highest BCUT2D eigenvalue weighted by molar-refractivity contribution is 5.86. The van der Waals surface area contributed by atoms with Gasteiger partial charge >= 0.3 is 5.97 Å². The van der Waals surface area contributed by atoms with Crippen molar-refractivity contribution in [3.05, 3.63) is 12.2 Å². The lowest BCUT2D eigenvalue weighted by molar-refractivity contribution is -0.888. The summed E-state index contributed by atoms with van der Waals surface area (Å²) < 4.78 is 5.85. The Bertz CT molecular complexity index is 202. The standard InChI is InChI=1S/C10H20NO2.ClH/c1-6-11(4,5)7-8-13-10(12)9(2)3;/h2,6-8H2,1,3-5H3;1H/q+1;/p-1. The molecule has 0 aliphatic carbocycles. The minimum Gasteiger partial charge on any atom is -1.00 e. The van der Waals surface area contributed by atoms with Gasteiger partial charge < -0.3 is 21.6 Å². The molecular formula is C10H20ClNO2. The van der Waals surface area contributed by atoms with E-state index in [0.717, 1.165) is 17.6 Å². The van der Waals surface area contributed by atoms with Crippen LogP contribution in [0.2, 0.25) is 0 Å². The molecule has 0 atom stereocenters. The summed E-state index contributed by atoms with van der Waals surface area (Å²) in [6.45, 7) is 9.62. The smallest absolute Gasteiger partial charge is 0.333 e. The summed E-state index contributed by atoms with van der Waals surface area (Å²) in [5.41, 5.74) is 0.460. The van der Waals surface area contributed by atoms with Crippen molar-refractivity contribution < 1.29 is 26.4 Å². The van der Waals surface area contributed by atoms with Crippen molar-refractivity contribution in [3.8, 4) is 0 Å². The van der Waals surface area contributed by atoms with Crippen molar-refractivity contribution in [2.24, 2.45) is 0 Å². The molecule has 0 unspecified atom stereocenters. The molecule has 0 aromatic carbocycles. The number of carbonyl (C=O) groups excluding carboxylic acids is 1. The Kier molecular flexibility index (Phi) is 7.78. The quantitative estimate of drug-likeness (QED) is 0.311. The molecule has 0 aliphatic rings. The first kappa shape index (κ1) is 15.9. The van der Waals surface area contributed by atoms with Crippen molar-refractivity contribution in [2.75, 3.05) is 33.8 Å². The Balaban J connectivity index is 0. The molecule has 84 valence electrons. The fourth-order valence-electron chi connectivity index (χ4n) is 0.667. The molecule has 4 heteroatoms. The lowest BCUT2D eigenvalue weighted by Crippen LogP contribution is -3.00. The number of carbonyl (C=O) groups is 1. The van der Waals surface area contributed by atoms with Crippen molar-refractivity contribution in [3.63, 3.8) is 0 Å². The highest BCUT2D eigenvalue weighted by Crippen LogP contribution is 1.97. The van der Waals surface area contributed by atoms with E-state index in [0.29, 0.717) is 12.2 Å². The highest BCUT2D eigenvalue weighted by atomic mass is 35.5. The number of halogens is 1. The second kappa shape index (κ2) is 6.85. The molecule has 0 spiro atoms. The average molecular weight is 222 g/mol. The first-order valence-corrected chi connectivity index (χ1v) is 4.53. The number of esters is 1. The summed E-state index contributed by atoms with van der Waals surface area (Å²) in [6.07, 6.45) is 0. The van der Waals surface area contributed by atoms with E-state index in [2.05, 4.69) is 27.6 Å². The number of rotatable bonds is 5. The molecule has 0 radical (unpaired) electrons. The van der Waals surface area contributed by atoms with Gasteiger partial charge in [0.05, 0.1) is 20.6 Å². The number of likely N-dealkylation sites (N-methyl/N-ethyl adjacent to an activating group) is 1. The third-order valence-electron chi connectivity index (χ3n) is 2.13. The minimum absolute atomic E-state index is 0. The molecule has 0 aromatic rings. The molecular weight excluding hydrogens is 202 g/mol. The third kappa shape index (κ3) is 6.92. The Morgan fingerprint density at radius 3 is 2.29 bits per heavy atom. The van der Waals surface area contributed by atoms with Crippen molar-refractivity contribution in [1.29, 1.82) is 0 Å². The van der Waals surface area contributed by atoms with E-state index in [4.69, 9.17) is 4.74 Å². The monoisotopic (exact) mass is 221 g/mol. The summed E-state index contributed by atoms with van der Waals surface area (Å²) in [5.74, 6) is -0.295. The molecule has 0 fully saturated rings. The van der Waals surface area contributed by atoms with Crippen LogP contribution < -0.4 is 12.4 Å². The molecule has 0 aliphatic heterocycles. The minimum atomic E-state index is -0.295. The maximum Gasteiger partial charge on any atom is 0.333 e. The van der Waals surface area contributed by atoms with Gasteiger partial charge in [-0.15, -0.1) is 0 Å². The van der Waals surface area contributed by atoms with Crippen LogP contribution in [0, 0.1) is 0 Å². The Morgan fingerprint density at radius 2 is 1.93 bits per heavy atom. The number of hydrogen-bond acceptors (Lipinski definition) is 2. The summed E-state index contributed by atoms with van der Waals surface area (Å²) in [4.78, 5) is 11.0. The summed E-state index contributed by atoms with van der Waals surface area (Å²) in [5, 5.41) is 0. The van der Waals surface area contributed by atoms with E-state index < -0.39 is 0 Å². The number of hydrogen-bond donors (Lipinski definition) is 0. The summed E-state index contributed by atoms with van der Waals surface area (Å²) >= 11 is 0. The zero-order chi connectivity index (χ0) is 10.5. The van der Waals surface area contributed by atoms with Crippen LogP contribution in [0.15, 0.2) is 12.2 Å². The molecule has 0 bridgehead atoms. The van der Waals surface area contributed by atoms with Gasteiger partial charge in [-0.3, -0.25) is 0 Å². The van der Waals surface area contributed by atoms with Crippen LogP contribution in [0.3, 0.4) is 0 Å². The lowest BCUT2D eigenvalue weighted by atomic mass is 10.4. The Hall–Kier alpha value is -0.540. The van der Waals surface area contributed by atoms with Gasteiger partial charge in [-0.25, -0.2) is 4.79 Å². The second-order valence-corrected chi connectivity index (χ2v) is 3.89. The summed E-state index contributed by atoms with van der Waals surface area (Å²) in [7, 11) is 4.21. The van der Waals surface area contributed by atoms with Gasteiger partial charge in [0.15, 0.2) is 0 Å². The first-order chi connectivity index (χ1) is 5.89. The van der Waals surface area contributed by atoms with Crippen LogP contribution in [0.5, 0.6) is 0 Å². The van der Waals surface area contributed by atoms with E-state index in [9.17, 15) is 4.79 Å². The average Bonchev–Trinajstić information content (AvgIpc) is 2.04. The van der Waals surface area contributed by atoms with Crippen molar-refractivity contribution in [2.45, 2.75) is 13.8 Å². The fourth-order valence-corrected chi connectivity index (χ4v) is 0.667. The molecule has 0 heterocycles. The van der Waals surface area contributed by atoms with Gasteiger partial charge in [-0.2, -0.15) is 0 Å². The number of quaternary nitrogens is 1. The van der Waals surface area contributed by atoms with Gasteiger partial charge in [0, 0.05) is 5.57 Å². The highest BCUT2D eigenvalue weighted by Gasteiger charge is 2.12. The molecule has 0 rings (SSSR count).